The number of nitrogens with one attached hydrogen (secondary N) is 1. The molecule has 0 fully saturated rings. The molecule has 0 saturated heterocycles. The predicted octanol–water partition coefficient (Wildman–Crippen LogP) is 1.41. The predicted molar refractivity (Wildman–Crippen MR) is 76.5 cm³/mol. The van der Waals surface area contributed by atoms with E-state index in [0.29, 0.717) is 11.5 Å². The molecule has 0 saturated carbocycles. The second kappa shape index (κ2) is 6.43. The number of carbonyl (C=O) groups is 1. The Kier molecular flexibility index (Phi) is 4.62. The van der Waals surface area contributed by atoms with Crippen molar-refractivity contribution in [1.82, 2.24) is 5.48 Å². The average Bonchev–Trinajstić information content (AvgIpc) is 2.95. The van der Waals surface area contributed by atoms with Crippen LogP contribution in [0.15, 0.2) is 36.6 Å². The molecule has 6 heteroatoms. The minimum absolute atomic E-state index is 0.185. The number of ether oxygens (including phenoxy) is 2. The zero-order chi connectivity index (χ0) is 15.3. The third-order valence-electron chi connectivity index (χ3n) is 2.93. The summed E-state index contributed by atoms with van der Waals surface area (Å²) in [5.41, 5.74) is 2.53. The first-order valence-corrected chi connectivity index (χ1v) is 6.36. The van der Waals surface area contributed by atoms with Gasteiger partial charge in [-0.05, 0) is 29.8 Å². The van der Waals surface area contributed by atoms with Crippen LogP contribution in [0.5, 0.6) is 11.5 Å². The summed E-state index contributed by atoms with van der Waals surface area (Å²) >= 11 is 0. The van der Waals surface area contributed by atoms with Gasteiger partial charge in [0.1, 0.15) is 0 Å². The molecular formula is C15H17NO5. The largest absolute Gasteiger partial charge is 0.493 e. The van der Waals surface area contributed by atoms with Gasteiger partial charge in [0.2, 0.25) is 0 Å². The van der Waals surface area contributed by atoms with E-state index in [9.17, 15) is 9.90 Å². The van der Waals surface area contributed by atoms with Gasteiger partial charge < -0.3 is 14.6 Å². The van der Waals surface area contributed by atoms with Crippen molar-refractivity contribution >= 4 is 12.0 Å². The third-order valence-corrected chi connectivity index (χ3v) is 2.93. The molecule has 1 aliphatic rings. The first-order chi connectivity index (χ1) is 10.1. The maximum Gasteiger partial charge on any atom is 0.308 e. The van der Waals surface area contributed by atoms with E-state index in [0.717, 1.165) is 5.56 Å². The Morgan fingerprint density at radius 1 is 1.48 bits per heavy atom. The van der Waals surface area contributed by atoms with E-state index in [1.54, 1.807) is 42.6 Å². The molecule has 1 heterocycles. The molecule has 1 aromatic rings. The summed E-state index contributed by atoms with van der Waals surface area (Å²) in [6, 6.07) is 5.15. The van der Waals surface area contributed by atoms with Gasteiger partial charge in [-0.1, -0.05) is 12.1 Å². The Morgan fingerprint density at radius 3 is 2.86 bits per heavy atom. The minimum Gasteiger partial charge on any atom is -0.493 e. The van der Waals surface area contributed by atoms with Gasteiger partial charge in [0.15, 0.2) is 17.1 Å². The molecule has 6 nitrogen and oxygen atoms in total. The normalized spacial score (nSPS) is 20.5. The molecule has 2 rings (SSSR count). The van der Waals surface area contributed by atoms with Crippen LogP contribution in [-0.2, 0) is 9.63 Å². The van der Waals surface area contributed by atoms with Crippen LogP contribution in [0.1, 0.15) is 12.5 Å². The van der Waals surface area contributed by atoms with Crippen molar-refractivity contribution in [1.29, 1.82) is 0 Å². The van der Waals surface area contributed by atoms with E-state index in [2.05, 4.69) is 5.48 Å². The van der Waals surface area contributed by atoms with Crippen molar-refractivity contribution in [3.05, 3.63) is 42.1 Å². The quantitative estimate of drug-likeness (QED) is 0.631. The topological polar surface area (TPSA) is 77.0 Å². The molecule has 2 N–H and O–H groups in total. The molecule has 21 heavy (non-hydrogen) atoms. The number of esters is 1. The van der Waals surface area contributed by atoms with Crippen molar-refractivity contribution in [2.75, 3.05) is 13.7 Å². The van der Waals surface area contributed by atoms with Gasteiger partial charge in [-0.2, -0.15) is 0 Å². The number of hydroxylamine groups is 1. The van der Waals surface area contributed by atoms with Gasteiger partial charge in [-0.25, -0.2) is 0 Å². The van der Waals surface area contributed by atoms with Crippen LogP contribution in [-0.4, -0.2) is 30.4 Å². The zero-order valence-electron chi connectivity index (χ0n) is 11.8. The van der Waals surface area contributed by atoms with Gasteiger partial charge >= 0.3 is 5.97 Å². The van der Waals surface area contributed by atoms with Crippen LogP contribution < -0.4 is 15.0 Å². The van der Waals surface area contributed by atoms with Crippen molar-refractivity contribution in [3.63, 3.8) is 0 Å². The zero-order valence-corrected chi connectivity index (χ0v) is 11.8. The Morgan fingerprint density at radius 2 is 2.29 bits per heavy atom. The van der Waals surface area contributed by atoms with Crippen molar-refractivity contribution in [3.8, 4) is 11.5 Å². The summed E-state index contributed by atoms with van der Waals surface area (Å²) in [6.45, 7) is 1.14. The molecule has 112 valence electrons. The lowest BCUT2D eigenvalue weighted by molar-refractivity contribution is -0.132. The van der Waals surface area contributed by atoms with E-state index in [-0.39, 0.29) is 6.61 Å². The summed E-state index contributed by atoms with van der Waals surface area (Å²) < 4.78 is 10.2. The highest BCUT2D eigenvalue weighted by Crippen LogP contribution is 2.29. The highest BCUT2D eigenvalue weighted by atomic mass is 16.7. The van der Waals surface area contributed by atoms with E-state index in [1.165, 1.54) is 14.0 Å². The van der Waals surface area contributed by atoms with Crippen molar-refractivity contribution < 1.29 is 24.2 Å². The summed E-state index contributed by atoms with van der Waals surface area (Å²) in [5, 5.41) is 9.39. The van der Waals surface area contributed by atoms with E-state index < -0.39 is 11.6 Å². The maximum absolute atomic E-state index is 11.0. The highest BCUT2D eigenvalue weighted by Gasteiger charge is 2.27. The number of hydrogen-bond donors (Lipinski definition) is 2. The van der Waals surface area contributed by atoms with Gasteiger partial charge in [0.25, 0.3) is 0 Å². The van der Waals surface area contributed by atoms with Crippen LogP contribution >= 0.6 is 0 Å². The summed E-state index contributed by atoms with van der Waals surface area (Å²) in [5.74, 6) is 0.399. The lowest BCUT2D eigenvalue weighted by Crippen LogP contribution is -2.31. The molecule has 0 bridgehead atoms. The second-order valence-electron chi connectivity index (χ2n) is 4.50. The SMILES string of the molecule is COc1cc(C=CC2(CO)C=CNO2)ccc1OC(C)=O. The van der Waals surface area contributed by atoms with Crippen molar-refractivity contribution in [2.45, 2.75) is 12.5 Å². The molecule has 1 atom stereocenters. The number of methoxy groups -OCH3 is 1. The van der Waals surface area contributed by atoms with Gasteiger partial charge in [-0.3, -0.25) is 15.1 Å². The lowest BCUT2D eigenvalue weighted by atomic mass is 10.0. The number of carbonyl (C=O) groups excluding carboxylic acids is 1. The number of hydrogen-bond acceptors (Lipinski definition) is 6. The van der Waals surface area contributed by atoms with Gasteiger partial charge in [-0.15, -0.1) is 0 Å². The Bertz CT molecular complexity index is 581. The second-order valence-corrected chi connectivity index (χ2v) is 4.50. The number of rotatable bonds is 5. The van der Waals surface area contributed by atoms with Crippen LogP contribution in [0.2, 0.25) is 0 Å². The molecule has 1 unspecified atom stereocenters. The average molecular weight is 291 g/mol. The van der Waals surface area contributed by atoms with Gasteiger partial charge in [0.05, 0.1) is 13.7 Å². The van der Waals surface area contributed by atoms with Gasteiger partial charge in [0, 0.05) is 13.1 Å². The van der Waals surface area contributed by atoms with E-state index in [1.807, 2.05) is 0 Å². The Labute approximate surface area is 122 Å². The van der Waals surface area contributed by atoms with Crippen molar-refractivity contribution in [2.24, 2.45) is 0 Å². The number of aliphatic hydroxyl groups is 1. The molecular weight excluding hydrogens is 274 g/mol. The minimum atomic E-state index is -0.873. The molecule has 0 aliphatic carbocycles. The van der Waals surface area contributed by atoms with Crippen LogP contribution in [0.4, 0.5) is 0 Å². The molecule has 0 radical (unpaired) electrons. The Balaban J connectivity index is 2.21. The Hall–Kier alpha value is -2.31. The van der Waals surface area contributed by atoms with Crippen LogP contribution in [0, 0.1) is 0 Å². The monoisotopic (exact) mass is 291 g/mol. The first kappa shape index (κ1) is 15.1. The molecule has 1 aliphatic heterocycles. The van der Waals surface area contributed by atoms with Crippen LogP contribution in [0.3, 0.4) is 0 Å². The molecule has 1 aromatic carbocycles. The van der Waals surface area contributed by atoms with E-state index in [4.69, 9.17) is 14.3 Å². The standard InChI is InChI=1S/C15H17NO5/c1-11(18)20-13-4-3-12(9-14(13)19-2)5-6-15(10-17)7-8-16-21-15/h3-9,16-17H,10H2,1-2H3. The maximum atomic E-state index is 11.0. The number of benzene rings is 1. The third kappa shape index (κ3) is 3.62. The summed E-state index contributed by atoms with van der Waals surface area (Å²) in [4.78, 5) is 16.2. The molecule has 0 spiro atoms. The number of aliphatic hydroxyl groups excluding tert-OH is 1. The smallest absolute Gasteiger partial charge is 0.308 e. The molecule has 0 aromatic heterocycles. The summed E-state index contributed by atoms with van der Waals surface area (Å²) in [7, 11) is 1.50. The van der Waals surface area contributed by atoms with E-state index >= 15 is 0 Å². The fourth-order valence-corrected chi connectivity index (χ4v) is 1.84. The molecule has 0 amide bonds. The fraction of sp³-hybridized carbons (Fsp3) is 0.267. The first-order valence-electron chi connectivity index (χ1n) is 6.36. The lowest BCUT2D eigenvalue weighted by Gasteiger charge is -2.18. The summed E-state index contributed by atoms with van der Waals surface area (Å²) in [6.07, 6.45) is 6.84. The highest BCUT2D eigenvalue weighted by molar-refractivity contribution is 5.71. The fourth-order valence-electron chi connectivity index (χ4n) is 1.84. The van der Waals surface area contributed by atoms with Crippen LogP contribution in [0.25, 0.3) is 6.08 Å².